The lowest BCUT2D eigenvalue weighted by atomic mass is 9.81. The molecule has 5 nitrogen and oxygen atoms in total. The molecule has 1 fully saturated rings. The van der Waals surface area contributed by atoms with Gasteiger partial charge in [-0.2, -0.15) is 5.48 Å². The summed E-state index contributed by atoms with van der Waals surface area (Å²) in [6.07, 6.45) is 1.31. The molecule has 1 amide bonds. The topological polar surface area (TPSA) is 81.4 Å². The molecule has 2 aliphatic rings. The second kappa shape index (κ2) is 5.58. The Morgan fingerprint density at radius 3 is 2.82 bits per heavy atom. The molecule has 0 saturated heterocycles. The highest BCUT2D eigenvalue weighted by Gasteiger charge is 2.49. The third kappa shape index (κ3) is 2.98. The summed E-state index contributed by atoms with van der Waals surface area (Å²) in [5, 5.41) is 1.89. The molecule has 3 rings (SSSR count). The van der Waals surface area contributed by atoms with Crippen LogP contribution in [0.4, 0.5) is 8.78 Å². The van der Waals surface area contributed by atoms with Gasteiger partial charge in [-0.1, -0.05) is 0 Å². The Balaban J connectivity index is 1.57. The molecule has 120 valence electrons. The van der Waals surface area contributed by atoms with Crippen molar-refractivity contribution in [2.75, 3.05) is 0 Å². The van der Waals surface area contributed by atoms with Crippen LogP contribution in [0.15, 0.2) is 5.38 Å². The van der Waals surface area contributed by atoms with Crippen molar-refractivity contribution in [1.29, 1.82) is 0 Å². The SMILES string of the molecule is N[C@H]1CCc2csc(C(=O)ONC(=O)C3CC(F)(F)C3)c2C1. The highest BCUT2D eigenvalue weighted by molar-refractivity contribution is 7.12. The number of carbonyl (C=O) groups excluding carboxylic acids is 2. The van der Waals surface area contributed by atoms with Crippen LogP contribution in [0.3, 0.4) is 0 Å². The first-order chi connectivity index (χ1) is 10.4. The van der Waals surface area contributed by atoms with Gasteiger partial charge in [0.25, 0.3) is 5.91 Å². The van der Waals surface area contributed by atoms with Gasteiger partial charge in [0.1, 0.15) is 4.88 Å². The van der Waals surface area contributed by atoms with Gasteiger partial charge in [0.05, 0.1) is 5.92 Å². The lowest BCUT2D eigenvalue weighted by molar-refractivity contribution is -0.157. The standard InChI is InChI=1S/C14H16F2N2O3S/c15-14(16)4-8(5-14)12(19)18-21-13(20)11-10-3-9(17)2-1-7(10)6-22-11/h6,8-9H,1-5,17H2,(H,18,19)/t9-/m0/s1. The van der Waals surface area contributed by atoms with Crippen LogP contribution < -0.4 is 11.2 Å². The molecule has 0 radical (unpaired) electrons. The quantitative estimate of drug-likeness (QED) is 0.810. The van der Waals surface area contributed by atoms with Gasteiger partial charge in [-0.05, 0) is 35.8 Å². The van der Waals surface area contributed by atoms with Crippen LogP contribution in [0.1, 0.15) is 40.1 Å². The summed E-state index contributed by atoms with van der Waals surface area (Å²) in [5.41, 5.74) is 9.84. The normalized spacial score (nSPS) is 23.3. The maximum Gasteiger partial charge on any atom is 0.373 e. The van der Waals surface area contributed by atoms with Crippen molar-refractivity contribution in [3.05, 3.63) is 21.4 Å². The fourth-order valence-electron chi connectivity index (χ4n) is 2.80. The molecule has 0 bridgehead atoms. The van der Waals surface area contributed by atoms with Gasteiger partial charge in [-0.15, -0.1) is 11.3 Å². The Morgan fingerprint density at radius 2 is 2.14 bits per heavy atom. The maximum atomic E-state index is 12.7. The average molecular weight is 330 g/mol. The summed E-state index contributed by atoms with van der Waals surface area (Å²) in [5.74, 6) is -4.93. The van der Waals surface area contributed by atoms with Crippen LogP contribution in [-0.4, -0.2) is 23.8 Å². The molecule has 1 atom stereocenters. The van der Waals surface area contributed by atoms with Gasteiger partial charge in [-0.25, -0.2) is 13.6 Å². The summed E-state index contributed by atoms with van der Waals surface area (Å²) >= 11 is 1.25. The Kier molecular flexibility index (Phi) is 3.90. The largest absolute Gasteiger partial charge is 0.373 e. The highest BCUT2D eigenvalue weighted by atomic mass is 32.1. The van der Waals surface area contributed by atoms with E-state index in [1.807, 2.05) is 10.9 Å². The number of hydroxylamine groups is 1. The Labute approximate surface area is 129 Å². The summed E-state index contributed by atoms with van der Waals surface area (Å²) in [4.78, 5) is 28.8. The van der Waals surface area contributed by atoms with Gasteiger partial charge in [0, 0.05) is 18.9 Å². The fourth-order valence-corrected chi connectivity index (χ4v) is 3.82. The number of halogens is 2. The van der Waals surface area contributed by atoms with Gasteiger partial charge in [-0.3, -0.25) is 4.79 Å². The molecule has 0 aliphatic heterocycles. The maximum absolute atomic E-state index is 12.7. The first kappa shape index (κ1) is 15.4. The number of rotatable bonds is 2. The zero-order valence-electron chi connectivity index (χ0n) is 11.7. The number of aryl methyl sites for hydroxylation is 1. The second-order valence-electron chi connectivity index (χ2n) is 5.89. The molecule has 0 spiro atoms. The van der Waals surface area contributed by atoms with Gasteiger partial charge >= 0.3 is 5.97 Å². The van der Waals surface area contributed by atoms with Crippen molar-refractivity contribution in [1.82, 2.24) is 5.48 Å². The van der Waals surface area contributed by atoms with E-state index in [0.29, 0.717) is 11.3 Å². The number of thiophene rings is 1. The second-order valence-corrected chi connectivity index (χ2v) is 6.77. The van der Waals surface area contributed by atoms with Gasteiger partial charge < -0.3 is 10.6 Å². The van der Waals surface area contributed by atoms with Gasteiger partial charge in [0.15, 0.2) is 0 Å². The smallest absolute Gasteiger partial charge is 0.334 e. The number of alkyl halides is 2. The molecule has 2 aliphatic carbocycles. The lowest BCUT2D eigenvalue weighted by Crippen LogP contribution is -2.45. The molecular formula is C14H16F2N2O3S. The Bertz CT molecular complexity index is 609. The van der Waals surface area contributed by atoms with Crippen LogP contribution in [0, 0.1) is 5.92 Å². The van der Waals surface area contributed by atoms with Crippen molar-refractivity contribution in [3.8, 4) is 0 Å². The number of fused-ring (bicyclic) bond motifs is 1. The number of nitrogens with one attached hydrogen (secondary N) is 1. The molecule has 0 aromatic carbocycles. The first-order valence-corrected chi connectivity index (χ1v) is 7.97. The first-order valence-electron chi connectivity index (χ1n) is 7.09. The van der Waals surface area contributed by atoms with E-state index in [0.717, 1.165) is 24.0 Å². The van der Waals surface area contributed by atoms with Crippen molar-refractivity contribution >= 4 is 23.2 Å². The number of carbonyl (C=O) groups is 2. The van der Waals surface area contributed by atoms with E-state index >= 15 is 0 Å². The molecule has 1 aromatic rings. The molecule has 8 heteroatoms. The van der Waals surface area contributed by atoms with Gasteiger partial charge in [0.2, 0.25) is 5.92 Å². The fraction of sp³-hybridized carbons (Fsp3) is 0.571. The third-order valence-electron chi connectivity index (χ3n) is 4.12. The number of amides is 1. The zero-order chi connectivity index (χ0) is 15.9. The average Bonchev–Trinajstić information content (AvgIpc) is 2.84. The van der Waals surface area contributed by atoms with Crippen molar-refractivity contribution in [2.45, 2.75) is 44.1 Å². The van der Waals surface area contributed by atoms with Crippen LogP contribution in [0.25, 0.3) is 0 Å². The summed E-state index contributed by atoms with van der Waals surface area (Å²) < 4.78 is 25.4. The number of nitrogens with two attached hydrogens (primary N) is 1. The summed E-state index contributed by atoms with van der Waals surface area (Å²) in [7, 11) is 0. The van der Waals surface area contributed by atoms with E-state index in [1.54, 1.807) is 0 Å². The van der Waals surface area contributed by atoms with Crippen molar-refractivity contribution in [2.24, 2.45) is 11.7 Å². The molecule has 1 aromatic heterocycles. The Hall–Kier alpha value is -1.54. The predicted molar refractivity (Wildman–Crippen MR) is 75.5 cm³/mol. The van der Waals surface area contributed by atoms with E-state index in [-0.39, 0.29) is 6.04 Å². The molecule has 0 unspecified atom stereocenters. The molecule has 3 N–H and O–H groups in total. The van der Waals surface area contributed by atoms with Crippen LogP contribution in [-0.2, 0) is 22.5 Å². The zero-order valence-corrected chi connectivity index (χ0v) is 12.6. The summed E-state index contributed by atoms with van der Waals surface area (Å²) in [6, 6.07) is 0.0143. The molecule has 22 heavy (non-hydrogen) atoms. The van der Waals surface area contributed by atoms with Crippen LogP contribution >= 0.6 is 11.3 Å². The molecule has 1 heterocycles. The highest BCUT2D eigenvalue weighted by Crippen LogP contribution is 2.42. The van der Waals surface area contributed by atoms with Crippen molar-refractivity contribution in [3.63, 3.8) is 0 Å². The minimum Gasteiger partial charge on any atom is -0.334 e. The monoisotopic (exact) mass is 330 g/mol. The number of hydrogen-bond donors (Lipinski definition) is 2. The molecule has 1 saturated carbocycles. The van der Waals surface area contributed by atoms with E-state index in [1.165, 1.54) is 11.3 Å². The summed E-state index contributed by atoms with van der Waals surface area (Å²) in [6.45, 7) is 0. The van der Waals surface area contributed by atoms with Crippen LogP contribution in [0.2, 0.25) is 0 Å². The van der Waals surface area contributed by atoms with Crippen LogP contribution in [0.5, 0.6) is 0 Å². The Morgan fingerprint density at radius 1 is 1.41 bits per heavy atom. The number of hydrogen-bond acceptors (Lipinski definition) is 5. The van der Waals surface area contributed by atoms with Crippen molar-refractivity contribution < 1.29 is 23.2 Å². The van der Waals surface area contributed by atoms with E-state index in [9.17, 15) is 18.4 Å². The van der Waals surface area contributed by atoms with E-state index < -0.39 is 36.6 Å². The molecular weight excluding hydrogens is 314 g/mol. The lowest BCUT2D eigenvalue weighted by Gasteiger charge is -2.33. The predicted octanol–water partition coefficient (Wildman–Crippen LogP) is 1.80. The van der Waals surface area contributed by atoms with E-state index in [4.69, 9.17) is 10.6 Å². The minimum atomic E-state index is -2.78. The third-order valence-corrected chi connectivity index (χ3v) is 5.17. The minimum absolute atomic E-state index is 0.0143. The van der Waals surface area contributed by atoms with E-state index in [2.05, 4.69) is 0 Å².